The van der Waals surface area contributed by atoms with E-state index in [1.54, 1.807) is 11.3 Å². The van der Waals surface area contributed by atoms with Crippen molar-refractivity contribution in [3.05, 3.63) is 46.7 Å². The highest BCUT2D eigenvalue weighted by Crippen LogP contribution is 2.26. The van der Waals surface area contributed by atoms with Gasteiger partial charge in [0.25, 0.3) is 0 Å². The smallest absolute Gasteiger partial charge is 0.332 e. The SMILES string of the molecule is O=C(O)C(O)CCc1cc(-c2ccccc2)cs1. The maximum Gasteiger partial charge on any atom is 0.332 e. The molecule has 0 saturated carbocycles. The van der Waals surface area contributed by atoms with Gasteiger partial charge >= 0.3 is 5.97 Å². The number of hydrogen-bond donors (Lipinski definition) is 2. The van der Waals surface area contributed by atoms with Crippen LogP contribution in [-0.2, 0) is 11.2 Å². The third-order valence-electron chi connectivity index (χ3n) is 2.71. The van der Waals surface area contributed by atoms with Crippen LogP contribution in [0.4, 0.5) is 0 Å². The Kier molecular flexibility index (Phi) is 4.12. The van der Waals surface area contributed by atoms with Gasteiger partial charge in [0.1, 0.15) is 0 Å². The summed E-state index contributed by atoms with van der Waals surface area (Å²) < 4.78 is 0. The van der Waals surface area contributed by atoms with Gasteiger partial charge in [0.05, 0.1) is 0 Å². The van der Waals surface area contributed by atoms with Crippen LogP contribution in [0.25, 0.3) is 11.1 Å². The first kappa shape index (κ1) is 12.8. The largest absolute Gasteiger partial charge is 0.479 e. The second kappa shape index (κ2) is 5.80. The van der Waals surface area contributed by atoms with Crippen molar-refractivity contribution in [2.24, 2.45) is 0 Å². The highest BCUT2D eigenvalue weighted by Gasteiger charge is 2.13. The minimum Gasteiger partial charge on any atom is -0.479 e. The summed E-state index contributed by atoms with van der Waals surface area (Å²) in [5, 5.41) is 19.9. The second-order valence-corrected chi connectivity index (χ2v) is 5.06. The zero-order chi connectivity index (χ0) is 13.0. The van der Waals surface area contributed by atoms with E-state index in [1.165, 1.54) is 0 Å². The van der Waals surface area contributed by atoms with E-state index in [-0.39, 0.29) is 6.42 Å². The van der Waals surface area contributed by atoms with Gasteiger partial charge in [0, 0.05) is 4.88 Å². The Labute approximate surface area is 109 Å². The summed E-state index contributed by atoms with van der Waals surface area (Å²) >= 11 is 1.59. The Morgan fingerprint density at radius 3 is 2.61 bits per heavy atom. The molecule has 1 atom stereocenters. The summed E-state index contributed by atoms with van der Waals surface area (Å²) in [6.45, 7) is 0. The molecule has 1 aromatic heterocycles. The summed E-state index contributed by atoms with van der Waals surface area (Å²) in [5.41, 5.74) is 2.29. The molecular formula is C14H14O3S. The molecule has 0 bridgehead atoms. The Morgan fingerprint density at radius 2 is 1.94 bits per heavy atom. The maximum absolute atomic E-state index is 10.5. The number of carboxylic acid groups (broad SMARTS) is 1. The van der Waals surface area contributed by atoms with Crippen molar-refractivity contribution in [2.75, 3.05) is 0 Å². The van der Waals surface area contributed by atoms with E-state index in [0.717, 1.165) is 16.0 Å². The fourth-order valence-electron chi connectivity index (χ4n) is 1.70. The molecule has 3 nitrogen and oxygen atoms in total. The molecule has 0 aliphatic carbocycles. The van der Waals surface area contributed by atoms with E-state index in [0.29, 0.717) is 6.42 Å². The number of aliphatic hydroxyl groups is 1. The predicted molar refractivity (Wildman–Crippen MR) is 71.7 cm³/mol. The van der Waals surface area contributed by atoms with Gasteiger partial charge in [-0.25, -0.2) is 4.79 Å². The van der Waals surface area contributed by atoms with Crippen molar-refractivity contribution in [1.82, 2.24) is 0 Å². The number of carboxylic acids is 1. The first-order valence-corrected chi connectivity index (χ1v) is 6.58. The molecule has 1 unspecified atom stereocenters. The molecule has 2 N–H and O–H groups in total. The van der Waals surface area contributed by atoms with Crippen molar-refractivity contribution < 1.29 is 15.0 Å². The minimum atomic E-state index is -1.27. The van der Waals surface area contributed by atoms with Gasteiger partial charge in [0.15, 0.2) is 6.10 Å². The average molecular weight is 262 g/mol. The third-order valence-corrected chi connectivity index (χ3v) is 3.71. The Balaban J connectivity index is 2.01. The van der Waals surface area contributed by atoms with Crippen LogP contribution < -0.4 is 0 Å². The summed E-state index contributed by atoms with van der Waals surface area (Å²) in [6.07, 6.45) is -0.429. The maximum atomic E-state index is 10.5. The first-order chi connectivity index (χ1) is 8.66. The van der Waals surface area contributed by atoms with Crippen LogP contribution in [0.15, 0.2) is 41.8 Å². The van der Waals surface area contributed by atoms with Crippen LogP contribution >= 0.6 is 11.3 Å². The van der Waals surface area contributed by atoms with E-state index in [1.807, 2.05) is 30.3 Å². The molecule has 0 fully saturated rings. The number of thiophene rings is 1. The molecule has 2 rings (SSSR count). The first-order valence-electron chi connectivity index (χ1n) is 5.70. The summed E-state index contributed by atoms with van der Waals surface area (Å²) in [6, 6.07) is 12.1. The van der Waals surface area contributed by atoms with Crippen LogP contribution in [0.2, 0.25) is 0 Å². The minimum absolute atomic E-state index is 0.254. The second-order valence-electron chi connectivity index (χ2n) is 4.06. The molecule has 4 heteroatoms. The zero-order valence-electron chi connectivity index (χ0n) is 9.74. The molecule has 0 saturated heterocycles. The van der Waals surface area contributed by atoms with Crippen LogP contribution in [0.3, 0.4) is 0 Å². The van der Waals surface area contributed by atoms with Crippen molar-refractivity contribution >= 4 is 17.3 Å². The molecule has 0 radical (unpaired) electrons. The topological polar surface area (TPSA) is 57.5 Å². The lowest BCUT2D eigenvalue weighted by atomic mass is 10.1. The van der Waals surface area contributed by atoms with Gasteiger partial charge < -0.3 is 10.2 Å². The Bertz CT molecular complexity index is 519. The van der Waals surface area contributed by atoms with Gasteiger partial charge in [-0.1, -0.05) is 30.3 Å². The Morgan fingerprint density at radius 1 is 1.22 bits per heavy atom. The van der Waals surface area contributed by atoms with Gasteiger partial charge in [0.2, 0.25) is 0 Å². The monoisotopic (exact) mass is 262 g/mol. The molecule has 18 heavy (non-hydrogen) atoms. The molecule has 1 heterocycles. The number of aryl methyl sites for hydroxylation is 1. The third kappa shape index (κ3) is 3.18. The molecular weight excluding hydrogens is 248 g/mol. The van der Waals surface area contributed by atoms with Crippen LogP contribution in [0.5, 0.6) is 0 Å². The normalized spacial score (nSPS) is 12.3. The van der Waals surface area contributed by atoms with E-state index >= 15 is 0 Å². The van der Waals surface area contributed by atoms with E-state index in [2.05, 4.69) is 11.4 Å². The molecule has 0 aliphatic heterocycles. The lowest BCUT2D eigenvalue weighted by molar-refractivity contribution is -0.146. The number of benzene rings is 1. The van der Waals surface area contributed by atoms with Crippen molar-refractivity contribution in [1.29, 1.82) is 0 Å². The number of aliphatic hydroxyl groups excluding tert-OH is 1. The molecule has 2 aromatic rings. The number of carbonyl (C=O) groups is 1. The number of rotatable bonds is 5. The van der Waals surface area contributed by atoms with Gasteiger partial charge in [-0.2, -0.15) is 0 Å². The molecule has 0 spiro atoms. The van der Waals surface area contributed by atoms with Crippen molar-refractivity contribution in [2.45, 2.75) is 18.9 Å². The molecule has 0 amide bonds. The number of aliphatic carboxylic acids is 1. The van der Waals surface area contributed by atoms with Crippen molar-refractivity contribution in [3.8, 4) is 11.1 Å². The van der Waals surface area contributed by atoms with E-state index in [4.69, 9.17) is 5.11 Å². The lowest BCUT2D eigenvalue weighted by Crippen LogP contribution is -2.19. The van der Waals surface area contributed by atoms with E-state index < -0.39 is 12.1 Å². The highest BCUT2D eigenvalue weighted by molar-refractivity contribution is 7.10. The molecule has 0 aliphatic rings. The lowest BCUT2D eigenvalue weighted by Gasteiger charge is -2.02. The number of hydrogen-bond acceptors (Lipinski definition) is 3. The zero-order valence-corrected chi connectivity index (χ0v) is 10.6. The summed E-state index contributed by atoms with van der Waals surface area (Å²) in [5.74, 6) is -1.16. The van der Waals surface area contributed by atoms with E-state index in [9.17, 15) is 9.90 Å². The molecule has 1 aromatic carbocycles. The van der Waals surface area contributed by atoms with Crippen LogP contribution in [-0.4, -0.2) is 22.3 Å². The molecule has 94 valence electrons. The highest BCUT2D eigenvalue weighted by atomic mass is 32.1. The van der Waals surface area contributed by atoms with Gasteiger partial charge in [-0.05, 0) is 35.4 Å². The van der Waals surface area contributed by atoms with Crippen LogP contribution in [0, 0.1) is 0 Å². The van der Waals surface area contributed by atoms with Gasteiger partial charge in [-0.15, -0.1) is 11.3 Å². The fraction of sp³-hybridized carbons (Fsp3) is 0.214. The summed E-state index contributed by atoms with van der Waals surface area (Å²) in [7, 11) is 0. The summed E-state index contributed by atoms with van der Waals surface area (Å²) in [4.78, 5) is 11.6. The predicted octanol–water partition coefficient (Wildman–Crippen LogP) is 2.79. The standard InChI is InChI=1S/C14H14O3S/c15-13(14(16)17)7-6-12-8-11(9-18-12)10-4-2-1-3-5-10/h1-5,8-9,13,15H,6-7H2,(H,16,17). The average Bonchev–Trinajstić information content (AvgIpc) is 2.85. The quantitative estimate of drug-likeness (QED) is 0.871. The van der Waals surface area contributed by atoms with Gasteiger partial charge in [-0.3, -0.25) is 0 Å². The van der Waals surface area contributed by atoms with Crippen molar-refractivity contribution in [3.63, 3.8) is 0 Å². The fourth-order valence-corrected chi connectivity index (χ4v) is 2.61. The van der Waals surface area contributed by atoms with Crippen LogP contribution in [0.1, 0.15) is 11.3 Å². The Hall–Kier alpha value is -1.65.